The lowest BCUT2D eigenvalue weighted by Gasteiger charge is -2.28. The van der Waals surface area contributed by atoms with Gasteiger partial charge in [0.25, 0.3) is 0 Å². The lowest BCUT2D eigenvalue weighted by Crippen LogP contribution is -2.60. The van der Waals surface area contributed by atoms with E-state index in [4.69, 9.17) is 10.8 Å². The first-order valence-electron chi connectivity index (χ1n) is 15.3. The number of nitrogens with one attached hydrogen (secondary N) is 4. The number of aliphatic hydroxyl groups is 1. The highest BCUT2D eigenvalue weighted by Gasteiger charge is 2.39. The summed E-state index contributed by atoms with van der Waals surface area (Å²) in [6, 6.07) is -1.68. The number of aliphatic hydroxyl groups excluding tert-OH is 1. The van der Waals surface area contributed by atoms with Crippen molar-refractivity contribution in [1.82, 2.24) is 26.2 Å². The second kappa shape index (κ2) is 19.4. The number of nitrogens with zero attached hydrogens (tertiary/aromatic N) is 1. The zero-order chi connectivity index (χ0) is 37.5. The van der Waals surface area contributed by atoms with Gasteiger partial charge in [0.2, 0.25) is 29.5 Å². The van der Waals surface area contributed by atoms with Gasteiger partial charge in [0.05, 0.1) is 25.5 Å². The largest absolute Gasteiger partial charge is 0.481 e. The van der Waals surface area contributed by atoms with Crippen LogP contribution in [0.15, 0.2) is 30.3 Å². The molecule has 1 aliphatic heterocycles. The number of hydrogen-bond acceptors (Lipinski definition) is 11. The van der Waals surface area contributed by atoms with Crippen LogP contribution in [0, 0.1) is 0 Å². The first-order chi connectivity index (χ1) is 23.5. The fourth-order valence-electron chi connectivity index (χ4n) is 5.01. The van der Waals surface area contributed by atoms with Gasteiger partial charge in [-0.2, -0.15) is 0 Å². The van der Waals surface area contributed by atoms with Gasteiger partial charge in [-0.1, -0.05) is 30.3 Å². The molecule has 0 unspecified atom stereocenters. The first-order valence-corrected chi connectivity index (χ1v) is 15.3. The van der Waals surface area contributed by atoms with Crippen LogP contribution in [0.3, 0.4) is 0 Å². The molecule has 0 spiro atoms. The minimum atomic E-state index is -1.90. The molecule has 1 aromatic carbocycles. The highest BCUT2D eigenvalue weighted by Crippen LogP contribution is 2.18. The molecule has 20 nitrogen and oxygen atoms in total. The smallest absolute Gasteiger partial charge is 0.326 e. The molecule has 274 valence electrons. The van der Waals surface area contributed by atoms with Gasteiger partial charge in [-0.15, -0.1) is 0 Å². The molecule has 0 radical (unpaired) electrons. The van der Waals surface area contributed by atoms with Gasteiger partial charge in [-0.3, -0.25) is 38.4 Å². The summed E-state index contributed by atoms with van der Waals surface area (Å²) in [4.78, 5) is 112. The second-order valence-electron chi connectivity index (χ2n) is 11.4. The van der Waals surface area contributed by atoms with Gasteiger partial charge in [-0.05, 0) is 24.8 Å². The molecule has 6 atom stereocenters. The Kier molecular flexibility index (Phi) is 15.7. The molecule has 50 heavy (non-hydrogen) atoms. The maximum absolute atomic E-state index is 13.6. The number of carboxylic acid groups (broad SMARTS) is 4. The molecule has 2 rings (SSSR count). The Morgan fingerprint density at radius 2 is 1.22 bits per heavy atom. The van der Waals surface area contributed by atoms with Crippen LogP contribution >= 0.6 is 0 Å². The number of benzene rings is 1. The Bertz CT molecular complexity index is 1440. The lowest BCUT2D eigenvalue weighted by molar-refractivity contribution is -0.150. The van der Waals surface area contributed by atoms with Crippen LogP contribution in [0.2, 0.25) is 0 Å². The summed E-state index contributed by atoms with van der Waals surface area (Å²) < 4.78 is 0. The van der Waals surface area contributed by atoms with E-state index in [0.717, 1.165) is 4.90 Å². The maximum atomic E-state index is 13.6. The third-order valence-corrected chi connectivity index (χ3v) is 7.56. The Morgan fingerprint density at radius 3 is 1.72 bits per heavy atom. The second-order valence-corrected chi connectivity index (χ2v) is 11.4. The summed E-state index contributed by atoms with van der Waals surface area (Å²) in [5.41, 5.74) is 6.12. The van der Waals surface area contributed by atoms with Gasteiger partial charge in [0.15, 0.2) is 0 Å². The van der Waals surface area contributed by atoms with E-state index in [1.54, 1.807) is 30.3 Å². The van der Waals surface area contributed by atoms with Gasteiger partial charge in [0, 0.05) is 19.4 Å². The van der Waals surface area contributed by atoms with Crippen LogP contribution in [0.5, 0.6) is 0 Å². The number of rotatable bonds is 20. The van der Waals surface area contributed by atoms with Crippen LogP contribution in [0.1, 0.15) is 44.1 Å². The van der Waals surface area contributed by atoms with Crippen molar-refractivity contribution < 1.29 is 68.7 Å². The van der Waals surface area contributed by atoms with Crippen molar-refractivity contribution in [3.63, 3.8) is 0 Å². The average Bonchev–Trinajstić information content (AvgIpc) is 3.55. The third-order valence-electron chi connectivity index (χ3n) is 7.56. The Morgan fingerprint density at radius 1 is 0.720 bits per heavy atom. The number of hydrogen-bond donors (Lipinski definition) is 10. The van der Waals surface area contributed by atoms with Crippen molar-refractivity contribution in [2.24, 2.45) is 5.73 Å². The average molecular weight is 709 g/mol. The summed E-state index contributed by atoms with van der Waals surface area (Å²) in [6.45, 7) is -0.972. The normalized spacial score (nSPS) is 16.8. The lowest BCUT2D eigenvalue weighted by atomic mass is 10.0. The van der Waals surface area contributed by atoms with Crippen molar-refractivity contribution in [3.05, 3.63) is 35.9 Å². The molecule has 11 N–H and O–H groups in total. The predicted octanol–water partition coefficient (Wildman–Crippen LogP) is -3.62. The van der Waals surface area contributed by atoms with Crippen LogP contribution in [-0.2, 0) is 49.6 Å². The highest BCUT2D eigenvalue weighted by atomic mass is 16.4. The summed E-state index contributed by atoms with van der Waals surface area (Å²) >= 11 is 0. The van der Waals surface area contributed by atoms with E-state index >= 15 is 0 Å². The van der Waals surface area contributed by atoms with Crippen molar-refractivity contribution in [2.45, 2.75) is 81.2 Å². The molecule has 0 aliphatic carbocycles. The van der Waals surface area contributed by atoms with Crippen LogP contribution in [-0.4, -0.2) is 133 Å². The van der Waals surface area contributed by atoms with Crippen LogP contribution < -0.4 is 27.0 Å². The molecule has 0 bridgehead atoms. The van der Waals surface area contributed by atoms with Gasteiger partial charge >= 0.3 is 23.9 Å². The maximum Gasteiger partial charge on any atom is 0.326 e. The number of nitrogens with two attached hydrogens (primary N) is 1. The van der Waals surface area contributed by atoms with E-state index in [0.29, 0.717) is 12.0 Å². The number of amides is 5. The third kappa shape index (κ3) is 12.8. The fourth-order valence-corrected chi connectivity index (χ4v) is 5.01. The SMILES string of the molecule is N[C@@H](CCC(=O)O)C(=O)N[C@@H](CC(=O)O)C(=O)N[C@@H](Cc1ccccc1)C(=O)N[C@@H](CC(=O)O)C(=O)N[C@@H](CO)C(=O)N1CCC[C@H]1C(=O)O. The summed E-state index contributed by atoms with van der Waals surface area (Å²) in [5.74, 6) is -11.2. The molecule has 0 saturated carbocycles. The van der Waals surface area contributed by atoms with E-state index in [2.05, 4.69) is 21.3 Å². The molecule has 1 saturated heterocycles. The van der Waals surface area contributed by atoms with Crippen molar-refractivity contribution in [1.29, 1.82) is 0 Å². The molecule has 1 aromatic rings. The van der Waals surface area contributed by atoms with Gasteiger partial charge < -0.3 is 57.4 Å². The van der Waals surface area contributed by atoms with Crippen molar-refractivity contribution >= 4 is 53.4 Å². The monoisotopic (exact) mass is 708 g/mol. The topological polar surface area (TPSA) is 332 Å². The Balaban J connectivity index is 2.30. The van der Waals surface area contributed by atoms with Crippen LogP contribution in [0.25, 0.3) is 0 Å². The minimum absolute atomic E-state index is 0.0237. The highest BCUT2D eigenvalue weighted by molar-refractivity contribution is 5.98. The van der Waals surface area contributed by atoms with Crippen LogP contribution in [0.4, 0.5) is 0 Å². The fraction of sp³-hybridized carbons (Fsp3) is 0.500. The minimum Gasteiger partial charge on any atom is -0.481 e. The molecule has 1 fully saturated rings. The van der Waals surface area contributed by atoms with E-state index < -0.39 is 116 Å². The number of carbonyl (C=O) groups is 9. The molecule has 0 aromatic heterocycles. The van der Waals surface area contributed by atoms with Crippen molar-refractivity contribution in [3.8, 4) is 0 Å². The quantitative estimate of drug-likeness (QED) is 0.0625. The molecule has 5 amide bonds. The van der Waals surface area contributed by atoms with Gasteiger partial charge in [-0.25, -0.2) is 4.79 Å². The molecule has 1 aliphatic rings. The molecule has 20 heteroatoms. The molecular weight excluding hydrogens is 668 g/mol. The van der Waals surface area contributed by atoms with Crippen molar-refractivity contribution in [2.75, 3.05) is 13.2 Å². The predicted molar refractivity (Wildman–Crippen MR) is 167 cm³/mol. The molecule has 1 heterocycles. The summed E-state index contributed by atoms with van der Waals surface area (Å²) in [7, 11) is 0. The van der Waals surface area contributed by atoms with E-state index in [-0.39, 0.29) is 25.8 Å². The zero-order valence-electron chi connectivity index (χ0n) is 26.6. The number of carbonyl (C=O) groups excluding carboxylic acids is 5. The first kappa shape index (κ1) is 40.5. The summed E-state index contributed by atoms with van der Waals surface area (Å²) in [5, 5.41) is 55.6. The number of carboxylic acids is 4. The van der Waals surface area contributed by atoms with E-state index in [1.165, 1.54) is 0 Å². The summed E-state index contributed by atoms with van der Waals surface area (Å²) in [6.07, 6.45) is -2.66. The number of likely N-dealkylation sites (tertiary alicyclic amines) is 1. The zero-order valence-corrected chi connectivity index (χ0v) is 26.6. The van der Waals surface area contributed by atoms with E-state index in [9.17, 15) is 63.6 Å². The number of aliphatic carboxylic acids is 4. The van der Waals surface area contributed by atoms with Gasteiger partial charge in [0.1, 0.15) is 30.2 Å². The molecular formula is C30H40N6O14. The Labute approximate surface area is 284 Å². The Hall–Kier alpha value is -5.63. The van der Waals surface area contributed by atoms with E-state index in [1.807, 2.05) is 0 Å². The standard InChI is InChI=1S/C30H40N6O14/c31-16(8-9-22(38)39)25(44)32-18(12-23(40)41)27(46)33-17(11-15-5-2-1-3-6-15)26(45)34-19(13-24(42)43)28(47)35-20(14-37)29(48)36-10-4-7-21(36)30(49)50/h1-3,5-6,16-21,37H,4,7-14,31H2,(H,32,44)(H,33,46)(H,34,45)(H,35,47)(H,38,39)(H,40,41)(H,42,43)(H,49,50)/t16-,17-,18-,19-,20-,21-/m0/s1.